The standard InChI is InChI=1S/C16H21N3O4/c1-11-5-2-3-8-14(11)18-15(20)10-17-16(21)12-6-4-7-13(9-12)19(22)23/h4,6-7,9,11,14H,2-3,5,8,10H2,1H3,(H,17,21)(H,18,20)/t11-,14-/m1/s1. The fraction of sp³-hybridized carbons (Fsp3) is 0.500. The van der Waals surface area contributed by atoms with Crippen molar-refractivity contribution in [1.29, 1.82) is 0 Å². The number of nitro benzene ring substituents is 1. The fourth-order valence-electron chi connectivity index (χ4n) is 2.81. The molecule has 1 aliphatic rings. The van der Waals surface area contributed by atoms with E-state index in [1.165, 1.54) is 30.7 Å². The second kappa shape index (κ2) is 7.71. The molecular weight excluding hydrogens is 298 g/mol. The molecule has 0 heterocycles. The first-order valence-corrected chi connectivity index (χ1v) is 7.79. The fourth-order valence-corrected chi connectivity index (χ4v) is 2.81. The average Bonchev–Trinajstić information content (AvgIpc) is 2.55. The number of hydrogen-bond donors (Lipinski definition) is 2. The molecule has 1 fully saturated rings. The van der Waals surface area contributed by atoms with Gasteiger partial charge in [-0.2, -0.15) is 0 Å². The Hall–Kier alpha value is -2.44. The molecule has 0 spiro atoms. The SMILES string of the molecule is C[C@@H]1CCCC[C@H]1NC(=O)CNC(=O)c1cccc([N+](=O)[O-])c1. The van der Waals surface area contributed by atoms with Gasteiger partial charge in [0.1, 0.15) is 0 Å². The Balaban J connectivity index is 1.85. The number of rotatable bonds is 5. The van der Waals surface area contributed by atoms with E-state index in [2.05, 4.69) is 17.6 Å². The summed E-state index contributed by atoms with van der Waals surface area (Å²) in [6, 6.07) is 5.58. The maximum Gasteiger partial charge on any atom is 0.270 e. The van der Waals surface area contributed by atoms with Crippen molar-refractivity contribution < 1.29 is 14.5 Å². The van der Waals surface area contributed by atoms with Gasteiger partial charge in [0.15, 0.2) is 0 Å². The molecule has 1 aromatic carbocycles. The molecule has 0 bridgehead atoms. The minimum atomic E-state index is -0.562. The average molecular weight is 319 g/mol. The minimum absolute atomic E-state index is 0.134. The molecular formula is C16H21N3O4. The first kappa shape index (κ1) is 16.9. The van der Waals surface area contributed by atoms with Crippen molar-refractivity contribution in [3.05, 3.63) is 39.9 Å². The number of nitro groups is 1. The van der Waals surface area contributed by atoms with Crippen molar-refractivity contribution in [1.82, 2.24) is 10.6 Å². The van der Waals surface area contributed by atoms with E-state index in [0.717, 1.165) is 19.3 Å². The first-order valence-electron chi connectivity index (χ1n) is 7.79. The summed E-state index contributed by atoms with van der Waals surface area (Å²) < 4.78 is 0. The van der Waals surface area contributed by atoms with Crippen molar-refractivity contribution in [2.24, 2.45) is 5.92 Å². The van der Waals surface area contributed by atoms with Gasteiger partial charge >= 0.3 is 0 Å². The zero-order valence-electron chi connectivity index (χ0n) is 13.1. The van der Waals surface area contributed by atoms with Gasteiger partial charge in [-0.25, -0.2) is 0 Å². The Morgan fingerprint density at radius 1 is 1.30 bits per heavy atom. The van der Waals surface area contributed by atoms with Crippen molar-refractivity contribution >= 4 is 17.5 Å². The quantitative estimate of drug-likeness (QED) is 0.640. The highest BCUT2D eigenvalue weighted by atomic mass is 16.6. The summed E-state index contributed by atoms with van der Waals surface area (Å²) in [5, 5.41) is 16.1. The van der Waals surface area contributed by atoms with E-state index in [0.29, 0.717) is 5.92 Å². The van der Waals surface area contributed by atoms with Gasteiger partial charge in [-0.3, -0.25) is 19.7 Å². The summed E-state index contributed by atoms with van der Waals surface area (Å²) in [6.45, 7) is 1.98. The van der Waals surface area contributed by atoms with Crippen LogP contribution in [0, 0.1) is 16.0 Å². The van der Waals surface area contributed by atoms with Crippen molar-refractivity contribution in [2.75, 3.05) is 6.54 Å². The van der Waals surface area contributed by atoms with E-state index in [1.807, 2.05) is 0 Å². The topological polar surface area (TPSA) is 101 Å². The zero-order valence-corrected chi connectivity index (χ0v) is 13.1. The second-order valence-corrected chi connectivity index (χ2v) is 5.93. The van der Waals surface area contributed by atoms with E-state index < -0.39 is 10.8 Å². The smallest absolute Gasteiger partial charge is 0.270 e. The summed E-state index contributed by atoms with van der Waals surface area (Å²) >= 11 is 0. The summed E-state index contributed by atoms with van der Waals surface area (Å²) in [5.74, 6) is -0.289. The lowest BCUT2D eigenvalue weighted by Crippen LogP contribution is -2.45. The molecule has 1 saturated carbocycles. The van der Waals surface area contributed by atoms with Gasteiger partial charge in [0, 0.05) is 23.7 Å². The molecule has 0 aliphatic heterocycles. The normalized spacial score (nSPS) is 20.6. The van der Waals surface area contributed by atoms with Crippen LogP contribution >= 0.6 is 0 Å². The van der Waals surface area contributed by atoms with Gasteiger partial charge in [-0.05, 0) is 24.8 Å². The Bertz CT molecular complexity index is 603. The monoisotopic (exact) mass is 319 g/mol. The lowest BCUT2D eigenvalue weighted by atomic mass is 9.86. The maximum absolute atomic E-state index is 12.0. The predicted octanol–water partition coefficient (Wildman–Crippen LogP) is 2.02. The van der Waals surface area contributed by atoms with Gasteiger partial charge in [-0.1, -0.05) is 25.8 Å². The summed E-state index contributed by atoms with van der Waals surface area (Å²) in [5.41, 5.74) is 0.0103. The van der Waals surface area contributed by atoms with E-state index in [-0.39, 0.29) is 29.7 Å². The Morgan fingerprint density at radius 2 is 2.04 bits per heavy atom. The minimum Gasteiger partial charge on any atom is -0.352 e. The van der Waals surface area contributed by atoms with Crippen LogP contribution in [0.2, 0.25) is 0 Å². The number of carbonyl (C=O) groups is 2. The lowest BCUT2D eigenvalue weighted by molar-refractivity contribution is -0.384. The van der Waals surface area contributed by atoms with E-state index in [4.69, 9.17) is 0 Å². The van der Waals surface area contributed by atoms with Gasteiger partial charge in [0.05, 0.1) is 11.5 Å². The molecule has 0 radical (unpaired) electrons. The predicted molar refractivity (Wildman–Crippen MR) is 85.0 cm³/mol. The maximum atomic E-state index is 12.0. The summed E-state index contributed by atoms with van der Waals surface area (Å²) in [6.07, 6.45) is 4.36. The molecule has 0 unspecified atom stereocenters. The molecule has 1 aliphatic carbocycles. The van der Waals surface area contributed by atoms with Crippen LogP contribution in [0.3, 0.4) is 0 Å². The summed E-state index contributed by atoms with van der Waals surface area (Å²) in [4.78, 5) is 34.0. The third-order valence-corrected chi connectivity index (χ3v) is 4.19. The van der Waals surface area contributed by atoms with Crippen LogP contribution in [0.1, 0.15) is 43.0 Å². The number of nitrogens with one attached hydrogen (secondary N) is 2. The highest BCUT2D eigenvalue weighted by Gasteiger charge is 2.22. The molecule has 2 N–H and O–H groups in total. The van der Waals surface area contributed by atoms with Crippen LogP contribution in [-0.4, -0.2) is 29.3 Å². The van der Waals surface area contributed by atoms with Crippen LogP contribution in [0.15, 0.2) is 24.3 Å². The van der Waals surface area contributed by atoms with Crippen LogP contribution < -0.4 is 10.6 Å². The Labute approximate surface area is 134 Å². The van der Waals surface area contributed by atoms with Crippen LogP contribution in [-0.2, 0) is 4.79 Å². The van der Waals surface area contributed by atoms with Crippen LogP contribution in [0.25, 0.3) is 0 Å². The second-order valence-electron chi connectivity index (χ2n) is 5.93. The molecule has 124 valence electrons. The Morgan fingerprint density at radius 3 is 2.74 bits per heavy atom. The first-order chi connectivity index (χ1) is 11.0. The largest absolute Gasteiger partial charge is 0.352 e. The third kappa shape index (κ3) is 4.77. The lowest BCUT2D eigenvalue weighted by Gasteiger charge is -2.29. The molecule has 0 aromatic heterocycles. The molecule has 2 atom stereocenters. The molecule has 1 aromatic rings. The number of amides is 2. The zero-order chi connectivity index (χ0) is 16.8. The number of nitrogens with zero attached hydrogens (tertiary/aromatic N) is 1. The van der Waals surface area contributed by atoms with Crippen molar-refractivity contribution in [3.63, 3.8) is 0 Å². The Kier molecular flexibility index (Phi) is 5.67. The van der Waals surface area contributed by atoms with E-state index >= 15 is 0 Å². The van der Waals surface area contributed by atoms with Crippen molar-refractivity contribution in [2.45, 2.75) is 38.6 Å². The number of benzene rings is 1. The molecule has 2 rings (SSSR count). The van der Waals surface area contributed by atoms with Crippen molar-refractivity contribution in [3.8, 4) is 0 Å². The highest BCUT2D eigenvalue weighted by molar-refractivity contribution is 5.96. The number of hydrogen-bond acceptors (Lipinski definition) is 4. The summed E-state index contributed by atoms with van der Waals surface area (Å²) in [7, 11) is 0. The number of carbonyl (C=O) groups excluding carboxylic acids is 2. The molecule has 0 saturated heterocycles. The third-order valence-electron chi connectivity index (χ3n) is 4.19. The number of non-ortho nitro benzene ring substituents is 1. The van der Waals surface area contributed by atoms with Crippen LogP contribution in [0.4, 0.5) is 5.69 Å². The molecule has 7 nitrogen and oxygen atoms in total. The van der Waals surface area contributed by atoms with Gasteiger partial charge in [0.2, 0.25) is 5.91 Å². The molecule has 2 amide bonds. The van der Waals surface area contributed by atoms with Gasteiger partial charge < -0.3 is 10.6 Å². The molecule has 23 heavy (non-hydrogen) atoms. The van der Waals surface area contributed by atoms with E-state index in [1.54, 1.807) is 0 Å². The molecule has 7 heteroatoms. The van der Waals surface area contributed by atoms with Crippen LogP contribution in [0.5, 0.6) is 0 Å². The van der Waals surface area contributed by atoms with Gasteiger partial charge in [-0.15, -0.1) is 0 Å². The van der Waals surface area contributed by atoms with E-state index in [9.17, 15) is 19.7 Å². The van der Waals surface area contributed by atoms with Gasteiger partial charge in [0.25, 0.3) is 11.6 Å². The highest BCUT2D eigenvalue weighted by Crippen LogP contribution is 2.23.